The maximum absolute atomic E-state index is 5.76. The fourth-order valence-corrected chi connectivity index (χ4v) is 2.76. The van der Waals surface area contributed by atoms with E-state index in [2.05, 4.69) is 40.4 Å². The van der Waals surface area contributed by atoms with Crippen LogP contribution in [0.2, 0.25) is 19.6 Å². The average Bonchev–Trinajstić information content (AvgIpc) is 1.14. The van der Waals surface area contributed by atoms with E-state index in [0.717, 1.165) is 0 Å². The van der Waals surface area contributed by atoms with Crippen LogP contribution in [0.3, 0.4) is 0 Å². The van der Waals surface area contributed by atoms with Crippen LogP contribution in [0.15, 0.2) is 0 Å². The summed E-state index contributed by atoms with van der Waals surface area (Å²) in [5.41, 5.74) is 0.0461. The monoisotopic (exact) mass is 146 g/mol. The van der Waals surface area contributed by atoms with Gasteiger partial charge in [-0.25, -0.2) is 0 Å². The molecule has 0 rings (SSSR count). The van der Waals surface area contributed by atoms with Gasteiger partial charge in [-0.1, -0.05) is 0 Å². The molecule has 1 nitrogen and oxygen atoms in total. The van der Waals surface area contributed by atoms with Crippen LogP contribution in [0.1, 0.15) is 20.8 Å². The summed E-state index contributed by atoms with van der Waals surface area (Å²) < 4.78 is 5.76. The molecule has 0 saturated carbocycles. The predicted molar refractivity (Wildman–Crippen MR) is 44.2 cm³/mol. The van der Waals surface area contributed by atoms with E-state index in [1.165, 1.54) is 0 Å². The van der Waals surface area contributed by atoms with Crippen molar-refractivity contribution < 1.29 is 4.43 Å². The molecule has 0 aromatic heterocycles. The zero-order valence-corrected chi connectivity index (χ0v) is 8.41. The lowest BCUT2D eigenvalue weighted by Gasteiger charge is -2.29. The molecule has 56 valence electrons. The number of hydrogen-bond donors (Lipinski definition) is 0. The Balaban J connectivity index is 3.75. The lowest BCUT2D eigenvalue weighted by Crippen LogP contribution is -2.35. The summed E-state index contributed by atoms with van der Waals surface area (Å²) in [6, 6.07) is 0. The first-order valence-electron chi connectivity index (χ1n) is 3.41. The molecule has 0 aromatic carbocycles. The Labute approximate surface area is 59.5 Å². The van der Waals surface area contributed by atoms with Crippen LogP contribution in [0.5, 0.6) is 0 Å². The maximum Gasteiger partial charge on any atom is 0.184 e. The summed E-state index contributed by atoms with van der Waals surface area (Å²) in [5.74, 6) is 0. The van der Waals surface area contributed by atoms with Gasteiger partial charge in [-0.15, -0.1) is 0 Å². The third kappa shape index (κ3) is 8.18. The first kappa shape index (κ1) is 9.18. The highest BCUT2D eigenvalue weighted by Gasteiger charge is 2.22. The van der Waals surface area contributed by atoms with Gasteiger partial charge in [0.2, 0.25) is 0 Å². The zero-order chi connectivity index (χ0) is 7.71. The van der Waals surface area contributed by atoms with Gasteiger partial charge in [-0.3, -0.25) is 0 Å². The van der Waals surface area contributed by atoms with Crippen molar-refractivity contribution in [2.45, 2.75) is 46.0 Å². The average molecular weight is 146 g/mol. The standard InChI is InChI=1S/C7H18OSi/c1-7(2,3)8-9(4,5)6/h1-6H3. The summed E-state index contributed by atoms with van der Waals surface area (Å²) in [7, 11) is -1.29. The lowest BCUT2D eigenvalue weighted by atomic mass is 10.2. The second kappa shape index (κ2) is 2.43. The molecule has 0 aliphatic heterocycles. The van der Waals surface area contributed by atoms with Gasteiger partial charge in [0.25, 0.3) is 0 Å². The van der Waals surface area contributed by atoms with Crippen molar-refractivity contribution in [3.05, 3.63) is 0 Å². The molecule has 0 atom stereocenters. The summed E-state index contributed by atoms with van der Waals surface area (Å²) in [6.45, 7) is 12.9. The Morgan fingerprint density at radius 2 is 1.33 bits per heavy atom. The van der Waals surface area contributed by atoms with E-state index in [9.17, 15) is 0 Å². The van der Waals surface area contributed by atoms with Gasteiger partial charge in [0.1, 0.15) is 0 Å². The quantitative estimate of drug-likeness (QED) is 0.517. The van der Waals surface area contributed by atoms with Crippen molar-refractivity contribution in [3.63, 3.8) is 0 Å². The molecule has 9 heavy (non-hydrogen) atoms. The molecular weight excluding hydrogens is 128 g/mol. The van der Waals surface area contributed by atoms with E-state index >= 15 is 0 Å². The third-order valence-electron chi connectivity index (χ3n) is 0.612. The van der Waals surface area contributed by atoms with Crippen LogP contribution >= 0.6 is 0 Å². The molecule has 0 saturated heterocycles. The van der Waals surface area contributed by atoms with Gasteiger partial charge in [0.15, 0.2) is 8.32 Å². The van der Waals surface area contributed by atoms with Gasteiger partial charge in [0.05, 0.1) is 0 Å². The molecular formula is C7H18OSi. The largest absolute Gasteiger partial charge is 0.413 e. The first-order chi connectivity index (χ1) is 3.71. The Morgan fingerprint density at radius 3 is 1.33 bits per heavy atom. The summed E-state index contributed by atoms with van der Waals surface area (Å²) in [6.07, 6.45) is 0. The summed E-state index contributed by atoms with van der Waals surface area (Å²) in [4.78, 5) is 0. The van der Waals surface area contributed by atoms with Gasteiger partial charge in [0, 0.05) is 5.60 Å². The highest BCUT2D eigenvalue weighted by Crippen LogP contribution is 2.15. The molecule has 0 unspecified atom stereocenters. The van der Waals surface area contributed by atoms with E-state index in [1.54, 1.807) is 0 Å². The molecule has 0 amide bonds. The second-order valence-electron chi connectivity index (χ2n) is 4.33. The molecule has 0 aromatic rings. The minimum atomic E-state index is -1.29. The summed E-state index contributed by atoms with van der Waals surface area (Å²) >= 11 is 0. The Morgan fingerprint density at radius 1 is 1.00 bits per heavy atom. The third-order valence-corrected chi connectivity index (χ3v) is 1.84. The highest BCUT2D eigenvalue weighted by atomic mass is 28.4. The first-order valence-corrected chi connectivity index (χ1v) is 6.82. The van der Waals surface area contributed by atoms with Crippen LogP contribution in [-0.4, -0.2) is 13.9 Å². The minimum absolute atomic E-state index is 0.0461. The Bertz CT molecular complexity index is 74.1. The predicted octanol–water partition coefficient (Wildman–Crippen LogP) is 2.64. The van der Waals surface area contributed by atoms with Crippen LogP contribution in [-0.2, 0) is 4.43 Å². The number of rotatable bonds is 1. The van der Waals surface area contributed by atoms with Gasteiger partial charge < -0.3 is 4.43 Å². The van der Waals surface area contributed by atoms with Crippen molar-refractivity contribution in [2.75, 3.05) is 0 Å². The Hall–Kier alpha value is 0.177. The molecule has 0 N–H and O–H groups in total. The smallest absolute Gasteiger partial charge is 0.184 e. The van der Waals surface area contributed by atoms with Crippen LogP contribution in [0.25, 0.3) is 0 Å². The van der Waals surface area contributed by atoms with Crippen molar-refractivity contribution in [1.82, 2.24) is 0 Å². The van der Waals surface area contributed by atoms with E-state index < -0.39 is 8.32 Å². The minimum Gasteiger partial charge on any atom is -0.413 e. The number of hydrogen-bond acceptors (Lipinski definition) is 1. The van der Waals surface area contributed by atoms with E-state index in [4.69, 9.17) is 4.43 Å². The molecule has 0 heterocycles. The second-order valence-corrected chi connectivity index (χ2v) is 8.76. The molecule has 0 spiro atoms. The molecule has 2 heteroatoms. The Kier molecular flexibility index (Phi) is 2.47. The molecule has 0 aliphatic carbocycles. The van der Waals surface area contributed by atoms with E-state index in [1.807, 2.05) is 0 Å². The van der Waals surface area contributed by atoms with Crippen molar-refractivity contribution in [1.29, 1.82) is 0 Å². The molecule has 0 radical (unpaired) electrons. The lowest BCUT2D eigenvalue weighted by molar-refractivity contribution is 0.122. The van der Waals surface area contributed by atoms with Crippen molar-refractivity contribution >= 4 is 8.32 Å². The molecule has 0 aliphatic rings. The van der Waals surface area contributed by atoms with Crippen molar-refractivity contribution in [3.8, 4) is 0 Å². The summed E-state index contributed by atoms with van der Waals surface area (Å²) in [5, 5.41) is 0. The van der Waals surface area contributed by atoms with Gasteiger partial charge in [-0.05, 0) is 40.4 Å². The zero-order valence-electron chi connectivity index (χ0n) is 7.41. The van der Waals surface area contributed by atoms with Crippen LogP contribution in [0, 0.1) is 0 Å². The highest BCUT2D eigenvalue weighted by molar-refractivity contribution is 6.69. The normalized spacial score (nSPS) is 14.0. The van der Waals surface area contributed by atoms with Gasteiger partial charge >= 0.3 is 0 Å². The van der Waals surface area contributed by atoms with Gasteiger partial charge in [-0.2, -0.15) is 0 Å². The van der Waals surface area contributed by atoms with E-state index in [0.29, 0.717) is 0 Å². The van der Waals surface area contributed by atoms with E-state index in [-0.39, 0.29) is 5.60 Å². The van der Waals surface area contributed by atoms with Crippen LogP contribution < -0.4 is 0 Å². The topological polar surface area (TPSA) is 9.23 Å². The fraction of sp³-hybridized carbons (Fsp3) is 1.00. The molecule has 0 fully saturated rings. The maximum atomic E-state index is 5.76. The van der Waals surface area contributed by atoms with Crippen LogP contribution in [0.4, 0.5) is 0 Å². The molecule has 0 bridgehead atoms. The van der Waals surface area contributed by atoms with Crippen molar-refractivity contribution in [2.24, 2.45) is 0 Å². The fourth-order valence-electron chi connectivity index (χ4n) is 0.919. The SMILES string of the molecule is CC(C)(C)O[Si](C)(C)C.